The van der Waals surface area contributed by atoms with Crippen molar-refractivity contribution in [2.24, 2.45) is 11.8 Å². The fourth-order valence-electron chi connectivity index (χ4n) is 1.55. The molecule has 0 bridgehead atoms. The van der Waals surface area contributed by atoms with E-state index in [0.717, 1.165) is 12.8 Å². The minimum absolute atomic E-state index is 0.271. The van der Waals surface area contributed by atoms with Gasteiger partial charge in [0, 0.05) is 0 Å². The van der Waals surface area contributed by atoms with Crippen molar-refractivity contribution in [2.45, 2.75) is 39.3 Å². The summed E-state index contributed by atoms with van der Waals surface area (Å²) in [5.41, 5.74) is -0.889. The van der Waals surface area contributed by atoms with Crippen LogP contribution in [0.3, 0.4) is 0 Å². The van der Waals surface area contributed by atoms with Gasteiger partial charge in [-0.15, -0.1) is 0 Å². The highest BCUT2D eigenvalue weighted by molar-refractivity contribution is 4.91. The van der Waals surface area contributed by atoms with Gasteiger partial charge in [-0.25, -0.2) is 4.39 Å². The molecule has 0 spiro atoms. The van der Waals surface area contributed by atoms with Crippen molar-refractivity contribution in [1.82, 2.24) is 0 Å². The maximum atomic E-state index is 13.4. The molecule has 0 aromatic heterocycles. The summed E-state index contributed by atoms with van der Waals surface area (Å²) in [5, 5.41) is 0. The molecule has 0 aromatic carbocycles. The first-order valence-electron chi connectivity index (χ1n) is 3.74. The van der Waals surface area contributed by atoms with Crippen molar-refractivity contribution in [3.8, 4) is 0 Å². The van der Waals surface area contributed by atoms with Crippen LogP contribution < -0.4 is 0 Å². The van der Waals surface area contributed by atoms with Crippen LogP contribution in [0.15, 0.2) is 0 Å². The van der Waals surface area contributed by atoms with E-state index in [1.165, 1.54) is 0 Å². The van der Waals surface area contributed by atoms with E-state index in [9.17, 15) is 4.39 Å². The highest BCUT2D eigenvalue weighted by atomic mass is 19.1. The average molecular weight is 130 g/mol. The minimum Gasteiger partial charge on any atom is -0.244 e. The lowest BCUT2D eigenvalue weighted by Gasteiger charge is -2.23. The third kappa shape index (κ3) is 0.973. The molecule has 0 amide bonds. The highest BCUT2D eigenvalue weighted by Crippen LogP contribution is 2.42. The normalized spacial score (nSPS) is 52.0. The fraction of sp³-hybridized carbons (Fsp3) is 1.00. The third-order valence-corrected chi connectivity index (χ3v) is 2.96. The monoisotopic (exact) mass is 130 g/mol. The maximum Gasteiger partial charge on any atom is 0.113 e. The first-order chi connectivity index (χ1) is 4.05. The molecule has 1 heteroatoms. The van der Waals surface area contributed by atoms with Crippen LogP contribution in [0.4, 0.5) is 4.39 Å². The van der Waals surface area contributed by atoms with Crippen molar-refractivity contribution >= 4 is 0 Å². The Morgan fingerprint density at radius 3 is 1.67 bits per heavy atom. The van der Waals surface area contributed by atoms with Crippen LogP contribution in [-0.2, 0) is 0 Å². The fourth-order valence-corrected chi connectivity index (χ4v) is 1.55. The molecular weight excluding hydrogens is 115 g/mol. The van der Waals surface area contributed by atoms with E-state index in [-0.39, 0.29) is 11.8 Å². The largest absolute Gasteiger partial charge is 0.244 e. The topological polar surface area (TPSA) is 0 Å². The molecule has 0 N–H and O–H groups in total. The zero-order valence-electron chi connectivity index (χ0n) is 6.45. The van der Waals surface area contributed by atoms with Gasteiger partial charge in [0.15, 0.2) is 0 Å². The molecule has 0 nitrogen and oxygen atoms in total. The summed E-state index contributed by atoms with van der Waals surface area (Å²) >= 11 is 0. The molecule has 0 aromatic rings. The standard InChI is InChI=1S/C8H15F/c1-6-4-5-7(2)8(6,3)9/h6-7H,4-5H2,1-3H3/t6-,7?,8?/m0/s1. The lowest BCUT2D eigenvalue weighted by Crippen LogP contribution is -2.27. The predicted octanol–water partition coefficient (Wildman–Crippen LogP) is 2.78. The van der Waals surface area contributed by atoms with E-state index in [0.29, 0.717) is 0 Å². The van der Waals surface area contributed by atoms with Gasteiger partial charge in [0.05, 0.1) is 0 Å². The molecule has 2 unspecified atom stereocenters. The summed E-state index contributed by atoms with van der Waals surface area (Å²) in [7, 11) is 0. The summed E-state index contributed by atoms with van der Waals surface area (Å²) in [4.78, 5) is 0. The molecule has 1 aliphatic rings. The number of rotatable bonds is 0. The van der Waals surface area contributed by atoms with E-state index in [1.807, 2.05) is 13.8 Å². The second-order valence-electron chi connectivity index (χ2n) is 3.53. The predicted molar refractivity (Wildman–Crippen MR) is 37.1 cm³/mol. The van der Waals surface area contributed by atoms with Gasteiger partial charge in [0.25, 0.3) is 0 Å². The zero-order valence-corrected chi connectivity index (χ0v) is 6.45. The molecule has 1 saturated carbocycles. The smallest absolute Gasteiger partial charge is 0.113 e. The van der Waals surface area contributed by atoms with E-state index in [4.69, 9.17) is 0 Å². The maximum absolute atomic E-state index is 13.4. The Balaban J connectivity index is 2.66. The third-order valence-electron chi connectivity index (χ3n) is 2.96. The quantitative estimate of drug-likeness (QED) is 0.473. The van der Waals surface area contributed by atoms with Crippen molar-refractivity contribution < 1.29 is 4.39 Å². The number of alkyl halides is 1. The van der Waals surface area contributed by atoms with Crippen LogP contribution in [0.2, 0.25) is 0 Å². The Hall–Kier alpha value is -0.0700. The Kier molecular flexibility index (Phi) is 1.54. The summed E-state index contributed by atoms with van der Waals surface area (Å²) in [6.07, 6.45) is 2.13. The number of hydrogen-bond donors (Lipinski definition) is 0. The summed E-state index contributed by atoms with van der Waals surface area (Å²) < 4.78 is 13.4. The van der Waals surface area contributed by atoms with Gasteiger partial charge in [0.1, 0.15) is 5.67 Å². The van der Waals surface area contributed by atoms with Crippen LogP contribution in [-0.4, -0.2) is 5.67 Å². The summed E-state index contributed by atoms with van der Waals surface area (Å²) in [6, 6.07) is 0. The van der Waals surface area contributed by atoms with Gasteiger partial charge in [0.2, 0.25) is 0 Å². The van der Waals surface area contributed by atoms with Gasteiger partial charge in [-0.1, -0.05) is 13.8 Å². The van der Waals surface area contributed by atoms with E-state index in [1.54, 1.807) is 6.92 Å². The first kappa shape index (κ1) is 7.04. The molecule has 54 valence electrons. The lowest BCUT2D eigenvalue weighted by molar-refractivity contribution is 0.0982. The van der Waals surface area contributed by atoms with Gasteiger partial charge in [-0.2, -0.15) is 0 Å². The van der Waals surface area contributed by atoms with Gasteiger partial charge >= 0.3 is 0 Å². The number of halogens is 1. The molecule has 1 aliphatic carbocycles. The average Bonchev–Trinajstić information content (AvgIpc) is 1.96. The van der Waals surface area contributed by atoms with Gasteiger partial charge in [-0.05, 0) is 31.6 Å². The molecule has 3 atom stereocenters. The van der Waals surface area contributed by atoms with E-state index >= 15 is 0 Å². The van der Waals surface area contributed by atoms with Crippen LogP contribution in [0.1, 0.15) is 33.6 Å². The van der Waals surface area contributed by atoms with Crippen LogP contribution in [0.5, 0.6) is 0 Å². The molecule has 0 aliphatic heterocycles. The first-order valence-corrected chi connectivity index (χ1v) is 3.74. The van der Waals surface area contributed by atoms with Crippen LogP contribution in [0.25, 0.3) is 0 Å². The van der Waals surface area contributed by atoms with Crippen molar-refractivity contribution in [1.29, 1.82) is 0 Å². The second-order valence-corrected chi connectivity index (χ2v) is 3.53. The number of hydrogen-bond acceptors (Lipinski definition) is 0. The molecule has 1 fully saturated rings. The molecule has 0 saturated heterocycles. The Morgan fingerprint density at radius 2 is 1.56 bits per heavy atom. The van der Waals surface area contributed by atoms with E-state index < -0.39 is 5.67 Å². The highest BCUT2D eigenvalue weighted by Gasteiger charge is 2.41. The van der Waals surface area contributed by atoms with Crippen molar-refractivity contribution in [2.75, 3.05) is 0 Å². The molecule has 1 rings (SSSR count). The minimum atomic E-state index is -0.889. The van der Waals surface area contributed by atoms with Crippen LogP contribution >= 0.6 is 0 Å². The molecular formula is C8H15F. The summed E-state index contributed by atoms with van der Waals surface area (Å²) in [5.74, 6) is 0.542. The Bertz CT molecular complexity index is 95.1. The summed E-state index contributed by atoms with van der Waals surface area (Å²) in [6.45, 7) is 5.74. The molecule has 9 heavy (non-hydrogen) atoms. The zero-order chi connectivity index (χ0) is 7.07. The molecule has 0 radical (unpaired) electrons. The van der Waals surface area contributed by atoms with Crippen LogP contribution in [0, 0.1) is 11.8 Å². The molecule has 0 heterocycles. The van der Waals surface area contributed by atoms with Crippen molar-refractivity contribution in [3.05, 3.63) is 0 Å². The Morgan fingerprint density at radius 1 is 1.22 bits per heavy atom. The Labute approximate surface area is 56.5 Å². The lowest BCUT2D eigenvalue weighted by atomic mass is 9.90. The van der Waals surface area contributed by atoms with E-state index in [2.05, 4.69) is 0 Å². The van der Waals surface area contributed by atoms with Crippen molar-refractivity contribution in [3.63, 3.8) is 0 Å². The SMILES string of the molecule is CC1CC[C@H](C)C1(C)F. The van der Waals surface area contributed by atoms with Gasteiger partial charge in [-0.3, -0.25) is 0 Å². The van der Waals surface area contributed by atoms with Gasteiger partial charge < -0.3 is 0 Å². The second kappa shape index (κ2) is 1.96.